The van der Waals surface area contributed by atoms with Crippen LogP contribution in [0.3, 0.4) is 0 Å². The average Bonchev–Trinajstić information content (AvgIpc) is 2.96. The van der Waals surface area contributed by atoms with Gasteiger partial charge in [0.15, 0.2) is 0 Å². The lowest BCUT2D eigenvalue weighted by atomic mass is 10.0. The molecule has 0 bridgehead atoms. The van der Waals surface area contributed by atoms with Crippen molar-refractivity contribution in [2.24, 2.45) is 0 Å². The topological polar surface area (TPSA) is 58.4 Å². The normalized spacial score (nSPS) is 20.6. The highest BCUT2D eigenvalue weighted by Gasteiger charge is 2.33. The molecule has 2 atom stereocenters. The van der Waals surface area contributed by atoms with Crippen LogP contribution < -0.4 is 5.32 Å². The van der Waals surface area contributed by atoms with Crippen LogP contribution in [0.1, 0.15) is 56.2 Å². The molecule has 0 saturated carbocycles. The Morgan fingerprint density at radius 2 is 2.32 bits per heavy atom. The number of carbonyl (C=O) groups excluding carboxylic acids is 1. The van der Waals surface area contributed by atoms with Crippen molar-refractivity contribution in [3.63, 3.8) is 0 Å². The van der Waals surface area contributed by atoms with Gasteiger partial charge in [-0.2, -0.15) is 0 Å². The van der Waals surface area contributed by atoms with Crippen molar-refractivity contribution in [1.29, 1.82) is 0 Å². The summed E-state index contributed by atoms with van der Waals surface area (Å²) >= 11 is 0. The maximum absolute atomic E-state index is 12.3. The molecule has 0 unspecified atom stereocenters. The minimum atomic E-state index is 0.0249. The number of hydrogen-bond acceptors (Lipinski definition) is 3. The SMILES string of the molecule is CC[C@H](C)NC(=O)N1CCC[C@H]1c1c(C)noc1C. The molecule has 1 aliphatic heterocycles. The Bertz CT molecular complexity index is 436. The van der Waals surface area contributed by atoms with Crippen LogP contribution in [0, 0.1) is 13.8 Å². The van der Waals surface area contributed by atoms with E-state index in [9.17, 15) is 4.79 Å². The molecule has 0 spiro atoms. The smallest absolute Gasteiger partial charge is 0.318 e. The molecule has 5 nitrogen and oxygen atoms in total. The zero-order valence-electron chi connectivity index (χ0n) is 12.2. The molecule has 1 aliphatic rings. The van der Waals surface area contributed by atoms with Gasteiger partial charge in [-0.25, -0.2) is 4.79 Å². The van der Waals surface area contributed by atoms with E-state index in [1.807, 2.05) is 25.7 Å². The summed E-state index contributed by atoms with van der Waals surface area (Å²) in [6.07, 6.45) is 2.95. The summed E-state index contributed by atoms with van der Waals surface area (Å²) in [7, 11) is 0. The van der Waals surface area contributed by atoms with Gasteiger partial charge in [0.2, 0.25) is 0 Å². The van der Waals surface area contributed by atoms with E-state index in [0.717, 1.165) is 42.8 Å². The maximum atomic E-state index is 12.3. The van der Waals surface area contributed by atoms with Gasteiger partial charge >= 0.3 is 6.03 Å². The van der Waals surface area contributed by atoms with Gasteiger partial charge in [0.1, 0.15) is 5.76 Å². The van der Waals surface area contributed by atoms with Crippen molar-refractivity contribution in [2.75, 3.05) is 6.54 Å². The molecular formula is C14H23N3O2. The average molecular weight is 265 g/mol. The summed E-state index contributed by atoms with van der Waals surface area (Å²) in [6, 6.07) is 0.338. The molecule has 2 heterocycles. The number of hydrogen-bond donors (Lipinski definition) is 1. The van der Waals surface area contributed by atoms with E-state index < -0.39 is 0 Å². The number of urea groups is 1. The molecule has 1 aromatic heterocycles. The summed E-state index contributed by atoms with van der Waals surface area (Å²) in [5.41, 5.74) is 1.97. The summed E-state index contributed by atoms with van der Waals surface area (Å²) < 4.78 is 5.23. The first-order valence-corrected chi connectivity index (χ1v) is 7.04. The highest BCUT2D eigenvalue weighted by Crippen LogP contribution is 2.35. The standard InChI is InChI=1S/C14H23N3O2/c1-5-9(2)15-14(18)17-8-6-7-12(17)13-10(3)16-19-11(13)4/h9,12H,5-8H2,1-4H3,(H,15,18)/t9-,12-/m0/s1. The van der Waals surface area contributed by atoms with E-state index in [2.05, 4.69) is 17.4 Å². The van der Waals surface area contributed by atoms with E-state index in [0.29, 0.717) is 0 Å². The fraction of sp³-hybridized carbons (Fsp3) is 0.714. The number of carbonyl (C=O) groups is 1. The Hall–Kier alpha value is -1.52. The van der Waals surface area contributed by atoms with Gasteiger partial charge in [0.05, 0.1) is 11.7 Å². The van der Waals surface area contributed by atoms with Crippen LogP contribution in [0.25, 0.3) is 0 Å². The Morgan fingerprint density at radius 1 is 1.58 bits per heavy atom. The molecule has 0 aromatic carbocycles. The molecule has 19 heavy (non-hydrogen) atoms. The first kappa shape index (κ1) is 13.9. The molecule has 5 heteroatoms. The predicted molar refractivity (Wildman–Crippen MR) is 72.9 cm³/mol. The molecule has 1 aromatic rings. The third kappa shape index (κ3) is 2.74. The van der Waals surface area contributed by atoms with Gasteiger partial charge in [-0.1, -0.05) is 12.1 Å². The number of rotatable bonds is 3. The number of likely N-dealkylation sites (tertiary alicyclic amines) is 1. The predicted octanol–water partition coefficient (Wildman–Crippen LogP) is 2.94. The van der Waals surface area contributed by atoms with E-state index in [-0.39, 0.29) is 18.1 Å². The number of amides is 2. The van der Waals surface area contributed by atoms with Crippen molar-refractivity contribution in [1.82, 2.24) is 15.4 Å². The molecule has 1 saturated heterocycles. The zero-order valence-corrected chi connectivity index (χ0v) is 12.2. The number of nitrogens with zero attached hydrogens (tertiary/aromatic N) is 2. The first-order valence-electron chi connectivity index (χ1n) is 7.04. The highest BCUT2D eigenvalue weighted by atomic mass is 16.5. The molecule has 0 aliphatic carbocycles. The minimum absolute atomic E-state index is 0.0249. The monoisotopic (exact) mass is 265 g/mol. The molecule has 106 valence electrons. The van der Waals surface area contributed by atoms with Crippen molar-refractivity contribution in [3.8, 4) is 0 Å². The zero-order chi connectivity index (χ0) is 14.0. The van der Waals surface area contributed by atoms with Crippen molar-refractivity contribution >= 4 is 6.03 Å². The molecule has 1 fully saturated rings. The second-order valence-corrected chi connectivity index (χ2v) is 5.35. The van der Waals surface area contributed by atoms with Gasteiger partial charge in [0, 0.05) is 18.2 Å². The van der Waals surface area contributed by atoms with Crippen LogP contribution >= 0.6 is 0 Å². The lowest BCUT2D eigenvalue weighted by Gasteiger charge is -2.26. The van der Waals surface area contributed by atoms with Crippen molar-refractivity contribution in [3.05, 3.63) is 17.0 Å². The third-order valence-corrected chi connectivity index (χ3v) is 3.92. The van der Waals surface area contributed by atoms with Gasteiger partial charge in [-0.05, 0) is 40.0 Å². The van der Waals surface area contributed by atoms with E-state index in [1.165, 1.54) is 0 Å². The largest absolute Gasteiger partial charge is 0.361 e. The van der Waals surface area contributed by atoms with Gasteiger partial charge in [-0.15, -0.1) is 0 Å². The van der Waals surface area contributed by atoms with Gasteiger partial charge < -0.3 is 14.7 Å². The Kier molecular flexibility index (Phi) is 4.12. The van der Waals surface area contributed by atoms with Crippen molar-refractivity contribution in [2.45, 2.75) is 59.0 Å². The van der Waals surface area contributed by atoms with E-state index in [1.54, 1.807) is 0 Å². The summed E-state index contributed by atoms with van der Waals surface area (Å²) in [5.74, 6) is 0.825. The Balaban J connectivity index is 2.15. The van der Waals surface area contributed by atoms with Crippen LogP contribution in [-0.4, -0.2) is 28.7 Å². The fourth-order valence-corrected chi connectivity index (χ4v) is 2.67. The second kappa shape index (κ2) is 5.63. The number of nitrogens with one attached hydrogen (secondary N) is 1. The van der Waals surface area contributed by atoms with Crippen LogP contribution in [0.4, 0.5) is 4.79 Å². The quantitative estimate of drug-likeness (QED) is 0.914. The van der Waals surface area contributed by atoms with Crippen LogP contribution in [-0.2, 0) is 0 Å². The van der Waals surface area contributed by atoms with Crippen molar-refractivity contribution < 1.29 is 9.32 Å². The first-order chi connectivity index (χ1) is 9.04. The van der Waals surface area contributed by atoms with Crippen LogP contribution in [0.15, 0.2) is 4.52 Å². The summed E-state index contributed by atoms with van der Waals surface area (Å²) in [4.78, 5) is 14.2. The minimum Gasteiger partial charge on any atom is -0.361 e. The molecule has 2 rings (SSSR count). The maximum Gasteiger partial charge on any atom is 0.318 e. The molecule has 2 amide bonds. The third-order valence-electron chi connectivity index (χ3n) is 3.92. The van der Waals surface area contributed by atoms with E-state index in [4.69, 9.17) is 4.52 Å². The molecule has 0 radical (unpaired) electrons. The lowest BCUT2D eigenvalue weighted by molar-refractivity contribution is 0.189. The van der Waals surface area contributed by atoms with Gasteiger partial charge in [-0.3, -0.25) is 0 Å². The highest BCUT2D eigenvalue weighted by molar-refractivity contribution is 5.75. The second-order valence-electron chi connectivity index (χ2n) is 5.35. The Morgan fingerprint density at radius 3 is 2.89 bits per heavy atom. The van der Waals surface area contributed by atoms with E-state index >= 15 is 0 Å². The summed E-state index contributed by atoms with van der Waals surface area (Å²) in [5, 5.41) is 7.04. The Labute approximate surface area is 114 Å². The number of aryl methyl sites for hydroxylation is 2. The van der Waals surface area contributed by atoms with Crippen LogP contribution in [0.2, 0.25) is 0 Å². The number of aromatic nitrogens is 1. The fourth-order valence-electron chi connectivity index (χ4n) is 2.67. The lowest BCUT2D eigenvalue weighted by Crippen LogP contribution is -2.43. The van der Waals surface area contributed by atoms with Gasteiger partial charge in [0.25, 0.3) is 0 Å². The molecular weight excluding hydrogens is 242 g/mol. The summed E-state index contributed by atoms with van der Waals surface area (Å²) in [6.45, 7) is 8.75. The molecule has 1 N–H and O–H groups in total. The van der Waals surface area contributed by atoms with Crippen LogP contribution in [0.5, 0.6) is 0 Å².